The Bertz CT molecular complexity index is 1080. The minimum Gasteiger partial charge on any atom is -0.384 e. The number of ketones is 1. The fourth-order valence-corrected chi connectivity index (χ4v) is 4.69. The van der Waals surface area contributed by atoms with Crippen LogP contribution in [0, 0.1) is 21.4 Å². The number of hydrogen-bond acceptors (Lipinski definition) is 8. The Morgan fingerprint density at radius 2 is 2.18 bits per heavy atom. The number of pyridine rings is 1. The van der Waals surface area contributed by atoms with Gasteiger partial charge >= 0.3 is 5.00 Å². The number of carbonyl (C=O) groups is 1. The smallest absolute Gasteiger partial charge is 0.324 e. The van der Waals surface area contributed by atoms with Gasteiger partial charge in [-0.25, -0.2) is 0 Å². The molecule has 0 radical (unpaired) electrons. The first kappa shape index (κ1) is 17.9. The number of nitriles is 1. The summed E-state index contributed by atoms with van der Waals surface area (Å²) in [5, 5.41) is 20.9. The molecule has 1 aliphatic carbocycles. The van der Waals surface area contributed by atoms with Crippen LogP contribution in [0.2, 0.25) is 0 Å². The molecule has 0 saturated heterocycles. The summed E-state index contributed by atoms with van der Waals surface area (Å²) in [7, 11) is 0. The van der Waals surface area contributed by atoms with Crippen molar-refractivity contribution in [3.05, 3.63) is 74.3 Å². The van der Waals surface area contributed by atoms with Crippen LogP contribution in [-0.4, -0.2) is 15.7 Å². The Morgan fingerprint density at radius 1 is 1.36 bits per heavy atom. The number of aromatic nitrogens is 1. The molecule has 2 aliphatic rings. The van der Waals surface area contributed by atoms with Crippen LogP contribution >= 0.6 is 11.3 Å². The summed E-state index contributed by atoms with van der Waals surface area (Å²) in [6.07, 6.45) is 4.94. The third kappa shape index (κ3) is 2.75. The second-order valence-electron chi connectivity index (χ2n) is 6.46. The van der Waals surface area contributed by atoms with Crippen LogP contribution in [0.3, 0.4) is 0 Å². The number of rotatable bonds is 3. The van der Waals surface area contributed by atoms with Crippen molar-refractivity contribution in [2.75, 3.05) is 4.90 Å². The number of nitrogens with two attached hydrogens (primary N) is 1. The summed E-state index contributed by atoms with van der Waals surface area (Å²) in [6.45, 7) is 0. The molecule has 0 bridgehead atoms. The molecular formula is C19H15N5O3S. The second kappa shape index (κ2) is 6.90. The van der Waals surface area contributed by atoms with Crippen molar-refractivity contribution in [3.8, 4) is 6.07 Å². The summed E-state index contributed by atoms with van der Waals surface area (Å²) in [4.78, 5) is 29.9. The first-order valence-electron chi connectivity index (χ1n) is 8.63. The van der Waals surface area contributed by atoms with Crippen molar-refractivity contribution in [2.45, 2.75) is 25.2 Å². The number of allylic oxidation sites excluding steroid dienone is 3. The molecule has 2 aromatic heterocycles. The van der Waals surface area contributed by atoms with Crippen molar-refractivity contribution in [3.63, 3.8) is 0 Å². The Kier molecular flexibility index (Phi) is 4.41. The average Bonchev–Trinajstić information content (AvgIpc) is 3.18. The summed E-state index contributed by atoms with van der Waals surface area (Å²) in [5.74, 6) is -0.513. The van der Waals surface area contributed by atoms with E-state index < -0.39 is 10.8 Å². The Balaban J connectivity index is 1.95. The van der Waals surface area contributed by atoms with Gasteiger partial charge in [0.2, 0.25) is 0 Å². The summed E-state index contributed by atoms with van der Waals surface area (Å²) in [5.41, 5.74) is 8.52. The van der Waals surface area contributed by atoms with E-state index in [1.807, 2.05) is 6.07 Å². The molecule has 2 N–H and O–H groups in total. The lowest BCUT2D eigenvalue weighted by atomic mass is 9.78. The van der Waals surface area contributed by atoms with Gasteiger partial charge in [-0.1, -0.05) is 11.3 Å². The molecule has 0 spiro atoms. The fraction of sp³-hybridized carbons (Fsp3) is 0.211. The summed E-state index contributed by atoms with van der Waals surface area (Å²) in [6, 6.07) is 8.71. The highest BCUT2D eigenvalue weighted by Crippen LogP contribution is 2.48. The highest BCUT2D eigenvalue weighted by Gasteiger charge is 2.41. The van der Waals surface area contributed by atoms with E-state index in [0.29, 0.717) is 35.4 Å². The van der Waals surface area contributed by atoms with Crippen LogP contribution in [0.25, 0.3) is 0 Å². The van der Waals surface area contributed by atoms with Crippen molar-refractivity contribution in [1.29, 1.82) is 5.26 Å². The van der Waals surface area contributed by atoms with E-state index in [-0.39, 0.29) is 22.2 Å². The van der Waals surface area contributed by atoms with Crippen molar-refractivity contribution in [1.82, 2.24) is 4.98 Å². The largest absolute Gasteiger partial charge is 0.384 e. The number of nitrogens with zero attached hydrogens (tertiary/aromatic N) is 4. The minimum absolute atomic E-state index is 0.0361. The van der Waals surface area contributed by atoms with E-state index >= 15 is 0 Å². The average molecular weight is 393 g/mol. The van der Waals surface area contributed by atoms with Gasteiger partial charge in [0, 0.05) is 34.8 Å². The van der Waals surface area contributed by atoms with Crippen molar-refractivity contribution < 1.29 is 9.72 Å². The molecule has 1 aliphatic heterocycles. The second-order valence-corrected chi connectivity index (χ2v) is 7.55. The van der Waals surface area contributed by atoms with Gasteiger partial charge in [0.05, 0.1) is 34.4 Å². The zero-order chi connectivity index (χ0) is 19.8. The lowest BCUT2D eigenvalue weighted by Crippen LogP contribution is -2.38. The first-order chi connectivity index (χ1) is 13.5. The predicted octanol–water partition coefficient (Wildman–Crippen LogP) is 3.36. The zero-order valence-electron chi connectivity index (χ0n) is 14.7. The van der Waals surface area contributed by atoms with Crippen LogP contribution in [-0.2, 0) is 4.79 Å². The van der Waals surface area contributed by atoms with Gasteiger partial charge in [-0.3, -0.25) is 24.8 Å². The maximum absolute atomic E-state index is 12.9. The van der Waals surface area contributed by atoms with Crippen LogP contribution in [0.4, 0.5) is 10.7 Å². The molecule has 0 fully saturated rings. The maximum atomic E-state index is 12.9. The van der Waals surface area contributed by atoms with Gasteiger partial charge in [0.25, 0.3) is 0 Å². The van der Waals surface area contributed by atoms with Crippen LogP contribution in [0.15, 0.2) is 59.3 Å². The number of Topliss-reactive ketones (excluding diaryl/α,β-unsaturated/α-hetero) is 1. The molecule has 0 saturated carbocycles. The minimum atomic E-state index is -0.681. The summed E-state index contributed by atoms with van der Waals surface area (Å²) < 4.78 is 0. The van der Waals surface area contributed by atoms with Crippen LogP contribution in [0.5, 0.6) is 0 Å². The van der Waals surface area contributed by atoms with E-state index in [1.54, 1.807) is 29.4 Å². The van der Waals surface area contributed by atoms with Crippen LogP contribution < -0.4 is 10.6 Å². The molecule has 2 aromatic rings. The van der Waals surface area contributed by atoms with Gasteiger partial charge in [-0.15, -0.1) is 0 Å². The molecule has 0 amide bonds. The monoisotopic (exact) mass is 393 g/mol. The van der Waals surface area contributed by atoms with Crippen LogP contribution in [0.1, 0.15) is 30.1 Å². The van der Waals surface area contributed by atoms with E-state index in [4.69, 9.17) is 5.73 Å². The number of anilines is 1. The highest BCUT2D eigenvalue weighted by molar-refractivity contribution is 7.15. The van der Waals surface area contributed by atoms with Crippen molar-refractivity contribution >= 4 is 27.8 Å². The van der Waals surface area contributed by atoms with Gasteiger partial charge in [-0.2, -0.15) is 5.26 Å². The number of hydrogen-bond donors (Lipinski definition) is 1. The number of thiophene rings is 1. The Morgan fingerprint density at radius 3 is 2.82 bits per heavy atom. The molecule has 28 heavy (non-hydrogen) atoms. The van der Waals surface area contributed by atoms with E-state index in [9.17, 15) is 20.2 Å². The SMILES string of the molecule is N#CC1=C(N)N(c2cccnc2)C2=C(C(=O)CCC2)[C@H]1c1ccc([N+](=O)[O-])s1. The third-order valence-corrected chi connectivity index (χ3v) is 6.00. The molecular weight excluding hydrogens is 378 g/mol. The standard InChI is InChI=1S/C19H15N5O3S/c20-9-12-17(15-6-7-16(28-15)24(26)27)18-13(4-1-5-14(18)25)23(19(12)21)11-3-2-8-22-10-11/h2-3,6-8,10,17H,1,4-5,21H2/t17-/m1/s1. The van der Waals surface area contributed by atoms with Gasteiger partial charge in [0.15, 0.2) is 5.78 Å². The molecule has 140 valence electrons. The lowest BCUT2D eigenvalue weighted by molar-refractivity contribution is -0.380. The quantitative estimate of drug-likeness (QED) is 0.626. The van der Waals surface area contributed by atoms with Gasteiger partial charge in [0.1, 0.15) is 5.82 Å². The highest BCUT2D eigenvalue weighted by atomic mass is 32.1. The lowest BCUT2D eigenvalue weighted by Gasteiger charge is -2.39. The van der Waals surface area contributed by atoms with E-state index in [2.05, 4.69) is 11.1 Å². The molecule has 3 heterocycles. The van der Waals surface area contributed by atoms with Gasteiger partial charge < -0.3 is 5.73 Å². The molecule has 9 heteroatoms. The number of carbonyl (C=O) groups excluding carboxylic acids is 1. The maximum Gasteiger partial charge on any atom is 0.324 e. The van der Waals surface area contributed by atoms with Crippen molar-refractivity contribution in [2.24, 2.45) is 5.73 Å². The predicted molar refractivity (Wildman–Crippen MR) is 103 cm³/mol. The molecule has 4 rings (SSSR count). The molecule has 1 atom stereocenters. The molecule has 8 nitrogen and oxygen atoms in total. The van der Waals surface area contributed by atoms with Gasteiger partial charge in [-0.05, 0) is 31.0 Å². The molecule has 0 unspecified atom stereocenters. The topological polar surface area (TPSA) is 126 Å². The first-order valence-corrected chi connectivity index (χ1v) is 9.44. The Hall–Kier alpha value is -3.51. The fourth-order valence-electron chi connectivity index (χ4n) is 3.75. The van der Waals surface area contributed by atoms with E-state index in [1.165, 1.54) is 6.07 Å². The normalized spacial score (nSPS) is 19.5. The zero-order valence-corrected chi connectivity index (χ0v) is 15.5. The Labute approximate surface area is 164 Å². The number of nitro groups is 1. The third-order valence-electron chi connectivity index (χ3n) is 4.89. The van der Waals surface area contributed by atoms with E-state index in [0.717, 1.165) is 17.0 Å². The molecule has 0 aromatic carbocycles. The summed E-state index contributed by atoms with van der Waals surface area (Å²) >= 11 is 0.966.